The molecule has 3 rings (SSSR count). The summed E-state index contributed by atoms with van der Waals surface area (Å²) < 4.78 is 15.0. The summed E-state index contributed by atoms with van der Waals surface area (Å²) in [7, 11) is 0. The number of piperazine rings is 1. The Labute approximate surface area is 135 Å². The average Bonchev–Trinajstić information content (AvgIpc) is 3.27. The molecule has 1 aliphatic heterocycles. The topological polar surface area (TPSA) is 15.3 Å². The number of halogens is 2. The van der Waals surface area contributed by atoms with E-state index >= 15 is 0 Å². The highest BCUT2D eigenvalue weighted by atomic mass is 79.9. The smallest absolute Gasteiger partial charge is 0.127 e. The van der Waals surface area contributed by atoms with Crippen LogP contribution in [0, 0.1) is 17.7 Å². The molecule has 1 aromatic carbocycles. The van der Waals surface area contributed by atoms with Crippen LogP contribution in [-0.4, -0.2) is 30.1 Å². The second kappa shape index (κ2) is 6.35. The molecule has 1 heterocycles. The minimum absolute atomic E-state index is 0.0952. The Morgan fingerprint density at radius 1 is 1.38 bits per heavy atom. The van der Waals surface area contributed by atoms with Crippen LogP contribution in [0.15, 0.2) is 22.7 Å². The highest BCUT2D eigenvalue weighted by Gasteiger charge is 2.38. The Bertz CT molecular complexity index is 502. The maximum Gasteiger partial charge on any atom is 0.127 e. The van der Waals surface area contributed by atoms with Crippen LogP contribution in [0.2, 0.25) is 0 Å². The number of nitrogens with zero attached hydrogens (tertiary/aromatic N) is 1. The van der Waals surface area contributed by atoms with Crippen molar-refractivity contribution in [1.82, 2.24) is 10.2 Å². The lowest BCUT2D eigenvalue weighted by Gasteiger charge is -2.42. The van der Waals surface area contributed by atoms with Crippen molar-refractivity contribution in [3.05, 3.63) is 34.1 Å². The molecule has 2 nitrogen and oxygen atoms in total. The molecule has 0 spiro atoms. The van der Waals surface area contributed by atoms with Crippen molar-refractivity contribution in [1.29, 1.82) is 0 Å². The Hall–Kier alpha value is -0.450. The van der Waals surface area contributed by atoms with E-state index in [0.717, 1.165) is 29.0 Å². The van der Waals surface area contributed by atoms with Crippen LogP contribution >= 0.6 is 15.9 Å². The maximum absolute atomic E-state index is 14.1. The van der Waals surface area contributed by atoms with Crippen LogP contribution in [0.1, 0.15) is 32.3 Å². The van der Waals surface area contributed by atoms with Crippen molar-refractivity contribution < 1.29 is 4.39 Å². The third kappa shape index (κ3) is 3.66. The van der Waals surface area contributed by atoms with E-state index in [4.69, 9.17) is 0 Å². The zero-order valence-corrected chi connectivity index (χ0v) is 14.4. The van der Waals surface area contributed by atoms with Crippen molar-refractivity contribution in [2.75, 3.05) is 13.1 Å². The fraction of sp³-hybridized carbons (Fsp3) is 0.647. The van der Waals surface area contributed by atoms with Crippen molar-refractivity contribution in [2.24, 2.45) is 11.8 Å². The molecule has 2 fully saturated rings. The van der Waals surface area contributed by atoms with E-state index in [9.17, 15) is 4.39 Å². The van der Waals surface area contributed by atoms with Crippen molar-refractivity contribution in [3.63, 3.8) is 0 Å². The molecule has 0 amide bonds. The number of hydrogen-bond acceptors (Lipinski definition) is 2. The van der Waals surface area contributed by atoms with Crippen LogP contribution in [0.4, 0.5) is 4.39 Å². The van der Waals surface area contributed by atoms with E-state index in [1.807, 2.05) is 6.07 Å². The lowest BCUT2D eigenvalue weighted by atomic mass is 9.96. The normalized spacial score (nSPS) is 27.3. The zero-order chi connectivity index (χ0) is 15.0. The van der Waals surface area contributed by atoms with Gasteiger partial charge in [-0.25, -0.2) is 4.39 Å². The molecule has 1 aliphatic carbocycles. The van der Waals surface area contributed by atoms with Crippen LogP contribution < -0.4 is 5.32 Å². The van der Waals surface area contributed by atoms with Crippen molar-refractivity contribution in [3.8, 4) is 0 Å². The standard InChI is InChI=1S/C17H24BrFN2/c1-11(2)17-8-20-16(12-3-4-12)10-21(17)9-13-7-14(18)5-6-15(13)19/h5-7,11-12,16-17,20H,3-4,8-10H2,1-2H3. The maximum atomic E-state index is 14.1. The Kier molecular flexibility index (Phi) is 4.67. The third-order valence-corrected chi connectivity index (χ3v) is 5.32. The first-order chi connectivity index (χ1) is 10.0. The molecular formula is C17H24BrFN2. The van der Waals surface area contributed by atoms with Gasteiger partial charge in [-0.05, 0) is 42.9 Å². The molecule has 4 heteroatoms. The molecule has 1 saturated carbocycles. The largest absolute Gasteiger partial charge is 0.311 e. The van der Waals surface area contributed by atoms with E-state index in [2.05, 4.69) is 40.0 Å². The van der Waals surface area contributed by atoms with Gasteiger partial charge < -0.3 is 5.32 Å². The van der Waals surface area contributed by atoms with Gasteiger partial charge >= 0.3 is 0 Å². The van der Waals surface area contributed by atoms with Gasteiger partial charge in [0.2, 0.25) is 0 Å². The van der Waals surface area contributed by atoms with E-state index in [1.54, 1.807) is 12.1 Å². The highest BCUT2D eigenvalue weighted by molar-refractivity contribution is 9.10. The summed E-state index contributed by atoms with van der Waals surface area (Å²) in [5.41, 5.74) is 0.798. The van der Waals surface area contributed by atoms with Gasteiger partial charge in [0, 0.05) is 41.8 Å². The number of rotatable bonds is 4. The van der Waals surface area contributed by atoms with Gasteiger partial charge in [0.05, 0.1) is 0 Å². The fourth-order valence-corrected chi connectivity index (χ4v) is 3.80. The molecule has 116 valence electrons. The lowest BCUT2D eigenvalue weighted by Crippen LogP contribution is -2.58. The summed E-state index contributed by atoms with van der Waals surface area (Å²) in [6.45, 7) is 7.29. The van der Waals surface area contributed by atoms with Crippen LogP contribution in [0.3, 0.4) is 0 Å². The molecular weight excluding hydrogens is 331 g/mol. The SMILES string of the molecule is CC(C)C1CNC(C2CC2)CN1Cc1cc(Br)ccc1F. The minimum atomic E-state index is -0.0952. The summed E-state index contributed by atoms with van der Waals surface area (Å²) in [4.78, 5) is 2.48. The first-order valence-electron chi connectivity index (χ1n) is 7.96. The predicted octanol–water partition coefficient (Wildman–Crippen LogP) is 3.80. The molecule has 2 unspecified atom stereocenters. The molecule has 2 atom stereocenters. The molecule has 0 bridgehead atoms. The number of nitrogens with one attached hydrogen (secondary N) is 1. The summed E-state index contributed by atoms with van der Waals surface area (Å²) >= 11 is 3.45. The Morgan fingerprint density at radius 2 is 2.14 bits per heavy atom. The lowest BCUT2D eigenvalue weighted by molar-refractivity contribution is 0.0841. The predicted molar refractivity (Wildman–Crippen MR) is 87.7 cm³/mol. The van der Waals surface area contributed by atoms with E-state index in [1.165, 1.54) is 12.8 Å². The summed E-state index contributed by atoms with van der Waals surface area (Å²) in [5, 5.41) is 3.71. The first-order valence-corrected chi connectivity index (χ1v) is 8.75. The van der Waals surface area contributed by atoms with Crippen LogP contribution in [-0.2, 0) is 6.54 Å². The second-order valence-corrected chi connectivity index (χ2v) is 7.74. The van der Waals surface area contributed by atoms with Gasteiger partial charge in [-0.1, -0.05) is 29.8 Å². The number of hydrogen-bond donors (Lipinski definition) is 1. The molecule has 0 radical (unpaired) electrons. The van der Waals surface area contributed by atoms with E-state index in [-0.39, 0.29) is 5.82 Å². The number of benzene rings is 1. The molecule has 21 heavy (non-hydrogen) atoms. The monoisotopic (exact) mass is 354 g/mol. The van der Waals surface area contributed by atoms with Crippen LogP contribution in [0.25, 0.3) is 0 Å². The fourth-order valence-electron chi connectivity index (χ4n) is 3.39. The van der Waals surface area contributed by atoms with Gasteiger partial charge in [-0.2, -0.15) is 0 Å². The average molecular weight is 355 g/mol. The highest BCUT2D eigenvalue weighted by Crippen LogP contribution is 2.35. The van der Waals surface area contributed by atoms with Crippen LogP contribution in [0.5, 0.6) is 0 Å². The summed E-state index contributed by atoms with van der Waals surface area (Å²) in [6.07, 6.45) is 2.70. The van der Waals surface area contributed by atoms with Crippen molar-refractivity contribution >= 4 is 15.9 Å². The summed E-state index contributed by atoms with van der Waals surface area (Å²) in [6, 6.07) is 6.32. The molecule has 1 saturated heterocycles. The van der Waals surface area contributed by atoms with Gasteiger partial charge in [-0.3, -0.25) is 4.90 Å². The van der Waals surface area contributed by atoms with E-state index in [0.29, 0.717) is 24.5 Å². The first kappa shape index (κ1) is 15.4. The second-order valence-electron chi connectivity index (χ2n) is 6.83. The minimum Gasteiger partial charge on any atom is -0.311 e. The summed E-state index contributed by atoms with van der Waals surface area (Å²) in [5.74, 6) is 1.32. The molecule has 1 aromatic rings. The molecule has 0 aromatic heterocycles. The molecule has 2 aliphatic rings. The Morgan fingerprint density at radius 3 is 2.81 bits per heavy atom. The van der Waals surface area contributed by atoms with Gasteiger partial charge in [0.15, 0.2) is 0 Å². The molecule has 1 N–H and O–H groups in total. The Balaban J connectivity index is 1.76. The van der Waals surface area contributed by atoms with E-state index < -0.39 is 0 Å². The van der Waals surface area contributed by atoms with Gasteiger partial charge in [0.25, 0.3) is 0 Å². The van der Waals surface area contributed by atoms with Crippen molar-refractivity contribution in [2.45, 2.75) is 45.3 Å². The van der Waals surface area contributed by atoms with Gasteiger partial charge in [-0.15, -0.1) is 0 Å². The third-order valence-electron chi connectivity index (χ3n) is 4.83. The van der Waals surface area contributed by atoms with Gasteiger partial charge in [0.1, 0.15) is 5.82 Å². The zero-order valence-electron chi connectivity index (χ0n) is 12.8. The quantitative estimate of drug-likeness (QED) is 0.884.